The van der Waals surface area contributed by atoms with Crippen LogP contribution >= 0.6 is 0 Å². The minimum Gasteiger partial charge on any atom is -0.480 e. The highest BCUT2D eigenvalue weighted by molar-refractivity contribution is 5.81. The predicted molar refractivity (Wildman–Crippen MR) is 79.0 cm³/mol. The maximum atomic E-state index is 11.8. The van der Waals surface area contributed by atoms with Crippen LogP contribution in [-0.4, -0.2) is 28.8 Å². The second-order valence-electron chi connectivity index (χ2n) is 8.41. The molecule has 0 aromatic rings. The van der Waals surface area contributed by atoms with E-state index in [0.717, 1.165) is 25.7 Å². The third-order valence-corrected chi connectivity index (χ3v) is 4.54. The SMILES string of the molecule is CC(C)CC12CC(C(NC(=O)OC(C)(C)C)C(=O)O)(C1)C2. The van der Waals surface area contributed by atoms with Crippen molar-refractivity contribution in [2.45, 2.75) is 71.9 Å². The number of aliphatic carboxylic acids is 1. The van der Waals surface area contributed by atoms with Crippen molar-refractivity contribution in [2.75, 3.05) is 0 Å². The molecule has 0 heterocycles. The number of carbonyl (C=O) groups is 2. The number of carboxylic acid groups (broad SMARTS) is 1. The van der Waals surface area contributed by atoms with Gasteiger partial charge in [-0.2, -0.15) is 0 Å². The first kappa shape index (κ1) is 16.1. The lowest BCUT2D eigenvalue weighted by Crippen LogP contribution is -2.72. The molecule has 0 saturated heterocycles. The van der Waals surface area contributed by atoms with Crippen molar-refractivity contribution in [2.24, 2.45) is 16.7 Å². The normalized spacial score (nSPS) is 31.9. The van der Waals surface area contributed by atoms with Gasteiger partial charge in [0.25, 0.3) is 0 Å². The lowest BCUT2D eigenvalue weighted by atomic mass is 9.32. The Morgan fingerprint density at radius 3 is 2.14 bits per heavy atom. The number of ether oxygens (including phenoxy) is 1. The zero-order valence-electron chi connectivity index (χ0n) is 13.7. The Kier molecular flexibility index (Phi) is 3.75. The number of hydrogen-bond acceptors (Lipinski definition) is 3. The molecule has 0 radical (unpaired) electrons. The standard InChI is InChI=1S/C16H27NO4/c1-10(2)6-15-7-16(8-15,9-15)11(12(18)19)17-13(20)21-14(3,4)5/h10-11H,6-9H2,1-5H3,(H,17,20)(H,18,19). The third-order valence-electron chi connectivity index (χ3n) is 4.54. The molecule has 2 N–H and O–H groups in total. The van der Waals surface area contributed by atoms with Gasteiger partial charge in [0.05, 0.1) is 0 Å². The molecule has 120 valence electrons. The van der Waals surface area contributed by atoms with Gasteiger partial charge in [-0.25, -0.2) is 9.59 Å². The quantitative estimate of drug-likeness (QED) is 0.817. The minimum absolute atomic E-state index is 0.252. The van der Waals surface area contributed by atoms with Crippen molar-refractivity contribution in [1.82, 2.24) is 5.32 Å². The summed E-state index contributed by atoms with van der Waals surface area (Å²) in [6.45, 7) is 9.68. The van der Waals surface area contributed by atoms with E-state index in [9.17, 15) is 14.7 Å². The van der Waals surface area contributed by atoms with E-state index in [2.05, 4.69) is 19.2 Å². The number of alkyl carbamates (subject to hydrolysis) is 1. The second kappa shape index (κ2) is 4.89. The molecule has 5 nitrogen and oxygen atoms in total. The van der Waals surface area contributed by atoms with E-state index < -0.39 is 23.7 Å². The van der Waals surface area contributed by atoms with Crippen LogP contribution in [0.15, 0.2) is 0 Å². The van der Waals surface area contributed by atoms with E-state index in [1.807, 2.05) is 0 Å². The van der Waals surface area contributed by atoms with Gasteiger partial charge >= 0.3 is 12.1 Å². The van der Waals surface area contributed by atoms with Crippen molar-refractivity contribution >= 4 is 12.1 Å². The number of nitrogens with one attached hydrogen (secondary N) is 1. The number of rotatable bonds is 5. The Morgan fingerprint density at radius 2 is 1.76 bits per heavy atom. The summed E-state index contributed by atoms with van der Waals surface area (Å²) in [7, 11) is 0. The molecule has 0 aromatic heterocycles. The Bertz CT molecular complexity index is 430. The van der Waals surface area contributed by atoms with E-state index in [0.29, 0.717) is 11.3 Å². The van der Waals surface area contributed by atoms with Gasteiger partial charge in [0.15, 0.2) is 0 Å². The van der Waals surface area contributed by atoms with Crippen LogP contribution in [0.5, 0.6) is 0 Å². The van der Waals surface area contributed by atoms with Gasteiger partial charge in [0.1, 0.15) is 11.6 Å². The number of hydrogen-bond donors (Lipinski definition) is 2. The molecular weight excluding hydrogens is 270 g/mol. The first-order chi connectivity index (χ1) is 9.47. The zero-order valence-corrected chi connectivity index (χ0v) is 13.7. The number of carbonyl (C=O) groups excluding carboxylic acids is 1. The minimum atomic E-state index is -0.960. The van der Waals surface area contributed by atoms with E-state index in [1.165, 1.54) is 0 Å². The monoisotopic (exact) mass is 297 g/mol. The molecule has 0 aliphatic heterocycles. The summed E-state index contributed by atoms with van der Waals surface area (Å²) in [5.41, 5.74) is -0.541. The summed E-state index contributed by atoms with van der Waals surface area (Å²) >= 11 is 0. The largest absolute Gasteiger partial charge is 0.480 e. The molecule has 3 saturated carbocycles. The van der Waals surface area contributed by atoms with Gasteiger partial charge in [0, 0.05) is 5.41 Å². The molecule has 5 heteroatoms. The fraction of sp³-hybridized carbons (Fsp3) is 0.875. The van der Waals surface area contributed by atoms with Gasteiger partial charge in [-0.1, -0.05) is 13.8 Å². The lowest BCUT2D eigenvalue weighted by Gasteiger charge is -2.73. The molecule has 0 aromatic carbocycles. The summed E-state index contributed by atoms with van der Waals surface area (Å²) in [6.07, 6.45) is 3.23. The summed E-state index contributed by atoms with van der Waals surface area (Å²) in [6, 6.07) is -0.832. The zero-order chi connectivity index (χ0) is 16.1. The van der Waals surface area contributed by atoms with Crippen molar-refractivity contribution in [1.29, 1.82) is 0 Å². The lowest BCUT2D eigenvalue weighted by molar-refractivity contribution is -0.231. The van der Waals surface area contributed by atoms with Crippen LogP contribution in [0.1, 0.15) is 60.3 Å². The summed E-state index contributed by atoms with van der Waals surface area (Å²) in [4.78, 5) is 23.4. The van der Waals surface area contributed by atoms with Crippen molar-refractivity contribution in [3.8, 4) is 0 Å². The average Bonchev–Trinajstić information content (AvgIpc) is 2.14. The highest BCUT2D eigenvalue weighted by atomic mass is 16.6. The molecule has 2 bridgehead atoms. The van der Waals surface area contributed by atoms with E-state index in [-0.39, 0.29) is 5.41 Å². The maximum absolute atomic E-state index is 11.8. The molecule has 21 heavy (non-hydrogen) atoms. The van der Waals surface area contributed by atoms with Crippen molar-refractivity contribution < 1.29 is 19.4 Å². The van der Waals surface area contributed by atoms with Gasteiger partial charge in [0.2, 0.25) is 0 Å². The Hall–Kier alpha value is -1.26. The molecule has 3 fully saturated rings. The highest BCUT2D eigenvalue weighted by Crippen LogP contribution is 2.76. The van der Waals surface area contributed by atoms with Crippen molar-refractivity contribution in [3.63, 3.8) is 0 Å². The van der Waals surface area contributed by atoms with E-state index in [1.54, 1.807) is 20.8 Å². The topological polar surface area (TPSA) is 75.6 Å². The summed E-state index contributed by atoms with van der Waals surface area (Å²) in [5.74, 6) is -0.330. The Labute approximate surface area is 126 Å². The van der Waals surface area contributed by atoms with E-state index in [4.69, 9.17) is 4.74 Å². The molecule has 0 spiro atoms. The molecule has 3 aliphatic rings. The van der Waals surface area contributed by atoms with Crippen LogP contribution in [0.4, 0.5) is 4.79 Å². The molecule has 3 rings (SSSR count). The Morgan fingerprint density at radius 1 is 1.24 bits per heavy atom. The van der Waals surface area contributed by atoms with Crippen LogP contribution in [0.25, 0.3) is 0 Å². The van der Waals surface area contributed by atoms with Crippen LogP contribution in [0, 0.1) is 16.7 Å². The first-order valence-corrected chi connectivity index (χ1v) is 7.69. The van der Waals surface area contributed by atoms with E-state index >= 15 is 0 Å². The highest BCUT2D eigenvalue weighted by Gasteiger charge is 2.71. The maximum Gasteiger partial charge on any atom is 0.408 e. The number of carboxylic acids is 1. The van der Waals surface area contributed by atoms with Gasteiger partial charge in [-0.05, 0) is 57.8 Å². The second-order valence-corrected chi connectivity index (χ2v) is 8.41. The summed E-state index contributed by atoms with van der Waals surface area (Å²) < 4.78 is 5.18. The number of amides is 1. The smallest absolute Gasteiger partial charge is 0.408 e. The molecular formula is C16H27NO4. The van der Waals surface area contributed by atoms with Gasteiger partial charge < -0.3 is 15.2 Å². The third kappa shape index (κ3) is 3.16. The summed E-state index contributed by atoms with van der Waals surface area (Å²) in [5, 5.41) is 12.0. The van der Waals surface area contributed by atoms with Gasteiger partial charge in [-0.15, -0.1) is 0 Å². The molecule has 1 unspecified atom stereocenters. The van der Waals surface area contributed by atoms with Crippen LogP contribution < -0.4 is 5.32 Å². The van der Waals surface area contributed by atoms with Crippen molar-refractivity contribution in [3.05, 3.63) is 0 Å². The average molecular weight is 297 g/mol. The van der Waals surface area contributed by atoms with Crippen LogP contribution in [0.3, 0.4) is 0 Å². The fourth-order valence-electron chi connectivity index (χ4n) is 4.38. The van der Waals surface area contributed by atoms with Gasteiger partial charge in [-0.3, -0.25) is 0 Å². The van der Waals surface area contributed by atoms with Crippen LogP contribution in [0.2, 0.25) is 0 Å². The fourth-order valence-corrected chi connectivity index (χ4v) is 4.38. The molecule has 3 aliphatic carbocycles. The Balaban J connectivity index is 1.94. The van der Waals surface area contributed by atoms with Crippen LogP contribution in [-0.2, 0) is 9.53 Å². The molecule has 1 amide bonds. The molecule has 1 atom stereocenters. The first-order valence-electron chi connectivity index (χ1n) is 7.69. The predicted octanol–water partition coefficient (Wildman–Crippen LogP) is 3.18.